The lowest BCUT2D eigenvalue weighted by Crippen LogP contribution is -2.46. The molecule has 102 valence electrons. The van der Waals surface area contributed by atoms with Gasteiger partial charge in [0.25, 0.3) is 0 Å². The van der Waals surface area contributed by atoms with Gasteiger partial charge in [0.1, 0.15) is 5.75 Å². The standard InChI is InChI=1S/C16H21NO2/c1-6-14-10(2)11(3)17(12(4)18)16-8-7-13(19-5)9-15(14)16/h6-11,14H,1H2,2-5H3/t10-,11-,14+/m0/s1. The van der Waals surface area contributed by atoms with Crippen molar-refractivity contribution in [3.05, 3.63) is 36.4 Å². The second kappa shape index (κ2) is 5.08. The van der Waals surface area contributed by atoms with Crippen LogP contribution in [0.3, 0.4) is 0 Å². The number of hydrogen-bond donors (Lipinski definition) is 0. The summed E-state index contributed by atoms with van der Waals surface area (Å²) in [5.74, 6) is 1.47. The molecule has 0 N–H and O–H groups in total. The van der Waals surface area contributed by atoms with Gasteiger partial charge < -0.3 is 9.64 Å². The second-order valence-corrected chi connectivity index (χ2v) is 5.17. The molecule has 0 spiro atoms. The Morgan fingerprint density at radius 1 is 1.42 bits per heavy atom. The third-order valence-corrected chi connectivity index (χ3v) is 4.18. The molecule has 0 unspecified atom stereocenters. The van der Waals surface area contributed by atoms with Crippen LogP contribution in [0.4, 0.5) is 5.69 Å². The number of amides is 1. The zero-order valence-corrected chi connectivity index (χ0v) is 12.0. The summed E-state index contributed by atoms with van der Waals surface area (Å²) in [6, 6.07) is 6.05. The first kappa shape index (κ1) is 13.7. The van der Waals surface area contributed by atoms with Crippen molar-refractivity contribution in [3.63, 3.8) is 0 Å². The molecule has 0 saturated heterocycles. The number of methoxy groups -OCH3 is 1. The topological polar surface area (TPSA) is 29.5 Å². The summed E-state index contributed by atoms with van der Waals surface area (Å²) in [4.78, 5) is 13.8. The van der Waals surface area contributed by atoms with E-state index in [0.717, 1.165) is 17.0 Å². The Labute approximate surface area is 114 Å². The summed E-state index contributed by atoms with van der Waals surface area (Å²) in [5, 5.41) is 0. The normalized spacial score (nSPS) is 25.7. The van der Waals surface area contributed by atoms with Gasteiger partial charge in [0.05, 0.1) is 7.11 Å². The van der Waals surface area contributed by atoms with E-state index in [1.807, 2.05) is 29.2 Å². The van der Waals surface area contributed by atoms with Crippen LogP contribution in [0.15, 0.2) is 30.9 Å². The van der Waals surface area contributed by atoms with E-state index in [1.165, 1.54) is 0 Å². The summed E-state index contributed by atoms with van der Waals surface area (Å²) < 4.78 is 5.29. The van der Waals surface area contributed by atoms with Crippen molar-refractivity contribution in [1.29, 1.82) is 0 Å². The molecule has 1 heterocycles. The quantitative estimate of drug-likeness (QED) is 0.762. The van der Waals surface area contributed by atoms with Crippen molar-refractivity contribution < 1.29 is 9.53 Å². The van der Waals surface area contributed by atoms with Crippen LogP contribution in [0.25, 0.3) is 0 Å². The smallest absolute Gasteiger partial charge is 0.224 e. The number of hydrogen-bond acceptors (Lipinski definition) is 2. The van der Waals surface area contributed by atoms with E-state index in [2.05, 4.69) is 20.4 Å². The van der Waals surface area contributed by atoms with E-state index in [1.54, 1.807) is 14.0 Å². The van der Waals surface area contributed by atoms with Gasteiger partial charge in [0.15, 0.2) is 0 Å². The van der Waals surface area contributed by atoms with Crippen molar-refractivity contribution in [2.24, 2.45) is 5.92 Å². The SMILES string of the molecule is C=C[C@H]1c2cc(OC)ccc2N(C(C)=O)[C@@H](C)[C@@H]1C. The number of fused-ring (bicyclic) bond motifs is 1. The van der Waals surface area contributed by atoms with Crippen LogP contribution in [0.1, 0.15) is 32.3 Å². The zero-order chi connectivity index (χ0) is 14.2. The fourth-order valence-corrected chi connectivity index (χ4v) is 2.98. The Bertz CT molecular complexity index is 509. The molecule has 0 radical (unpaired) electrons. The van der Waals surface area contributed by atoms with Crippen molar-refractivity contribution >= 4 is 11.6 Å². The monoisotopic (exact) mass is 259 g/mol. The lowest BCUT2D eigenvalue weighted by Gasteiger charge is -2.42. The third-order valence-electron chi connectivity index (χ3n) is 4.18. The Morgan fingerprint density at radius 3 is 2.63 bits per heavy atom. The van der Waals surface area contributed by atoms with Crippen molar-refractivity contribution in [2.75, 3.05) is 12.0 Å². The molecule has 3 atom stereocenters. The number of rotatable bonds is 2. The first-order chi connectivity index (χ1) is 9.01. The van der Waals surface area contributed by atoms with E-state index in [9.17, 15) is 4.79 Å². The van der Waals surface area contributed by atoms with E-state index in [-0.39, 0.29) is 17.9 Å². The minimum Gasteiger partial charge on any atom is -0.497 e. The van der Waals surface area contributed by atoms with Gasteiger partial charge in [-0.2, -0.15) is 0 Å². The summed E-state index contributed by atoms with van der Waals surface area (Å²) in [6.07, 6.45) is 1.97. The van der Waals surface area contributed by atoms with Crippen LogP contribution in [0.2, 0.25) is 0 Å². The van der Waals surface area contributed by atoms with Crippen LogP contribution in [0.5, 0.6) is 5.75 Å². The number of nitrogens with zero attached hydrogens (tertiary/aromatic N) is 1. The summed E-state index contributed by atoms with van der Waals surface area (Å²) in [5.41, 5.74) is 2.10. The Balaban J connectivity index is 2.62. The van der Waals surface area contributed by atoms with E-state index >= 15 is 0 Å². The Hall–Kier alpha value is -1.77. The van der Waals surface area contributed by atoms with Crippen LogP contribution < -0.4 is 9.64 Å². The van der Waals surface area contributed by atoms with Gasteiger partial charge >= 0.3 is 0 Å². The molecular formula is C16H21NO2. The molecule has 0 fully saturated rings. The average molecular weight is 259 g/mol. The van der Waals surface area contributed by atoms with Crippen molar-refractivity contribution in [2.45, 2.75) is 32.7 Å². The molecule has 19 heavy (non-hydrogen) atoms. The first-order valence-electron chi connectivity index (χ1n) is 6.61. The molecule has 1 aliphatic heterocycles. The highest BCUT2D eigenvalue weighted by molar-refractivity contribution is 5.94. The molecule has 1 aliphatic rings. The van der Waals surface area contributed by atoms with Gasteiger partial charge in [-0.25, -0.2) is 0 Å². The van der Waals surface area contributed by atoms with Gasteiger partial charge in [-0.1, -0.05) is 13.0 Å². The second-order valence-electron chi connectivity index (χ2n) is 5.17. The maximum absolute atomic E-state index is 11.9. The lowest BCUT2D eigenvalue weighted by atomic mass is 9.78. The summed E-state index contributed by atoms with van der Waals surface area (Å²) >= 11 is 0. The number of ether oxygens (including phenoxy) is 1. The first-order valence-corrected chi connectivity index (χ1v) is 6.61. The van der Waals surface area contributed by atoms with E-state index in [4.69, 9.17) is 4.74 Å². The van der Waals surface area contributed by atoms with Gasteiger partial charge in [-0.3, -0.25) is 4.79 Å². The van der Waals surface area contributed by atoms with Crippen molar-refractivity contribution in [1.82, 2.24) is 0 Å². The average Bonchev–Trinajstić information content (AvgIpc) is 2.39. The minimum absolute atomic E-state index is 0.0771. The van der Waals surface area contributed by atoms with Gasteiger partial charge in [-0.15, -0.1) is 6.58 Å². The molecule has 2 rings (SSSR count). The molecule has 0 bridgehead atoms. The Kier molecular flexibility index (Phi) is 3.65. The highest BCUT2D eigenvalue weighted by atomic mass is 16.5. The third kappa shape index (κ3) is 2.14. The number of benzene rings is 1. The van der Waals surface area contributed by atoms with Crippen LogP contribution in [-0.2, 0) is 4.79 Å². The molecule has 3 heteroatoms. The summed E-state index contributed by atoms with van der Waals surface area (Å²) in [7, 11) is 1.66. The van der Waals surface area contributed by atoms with Crippen molar-refractivity contribution in [3.8, 4) is 5.75 Å². The minimum atomic E-state index is 0.0771. The Morgan fingerprint density at radius 2 is 2.11 bits per heavy atom. The maximum atomic E-state index is 11.9. The van der Waals surface area contributed by atoms with E-state index < -0.39 is 0 Å². The largest absolute Gasteiger partial charge is 0.497 e. The zero-order valence-electron chi connectivity index (χ0n) is 12.0. The fourth-order valence-electron chi connectivity index (χ4n) is 2.98. The molecule has 1 aromatic carbocycles. The number of anilines is 1. The van der Waals surface area contributed by atoms with E-state index in [0.29, 0.717) is 5.92 Å². The maximum Gasteiger partial charge on any atom is 0.224 e. The van der Waals surface area contributed by atoms with Gasteiger partial charge in [-0.05, 0) is 36.6 Å². The molecule has 0 aliphatic carbocycles. The van der Waals surface area contributed by atoms with Gasteiger partial charge in [0, 0.05) is 24.6 Å². The lowest BCUT2D eigenvalue weighted by molar-refractivity contribution is -0.117. The molecule has 0 aromatic heterocycles. The highest BCUT2D eigenvalue weighted by Crippen LogP contribution is 2.43. The molecule has 1 amide bonds. The molecular weight excluding hydrogens is 238 g/mol. The number of carbonyl (C=O) groups excluding carboxylic acids is 1. The molecule has 1 aromatic rings. The summed E-state index contributed by atoms with van der Waals surface area (Å²) in [6.45, 7) is 9.82. The van der Waals surface area contributed by atoms with Crippen LogP contribution in [0, 0.1) is 5.92 Å². The van der Waals surface area contributed by atoms with Gasteiger partial charge in [0.2, 0.25) is 5.91 Å². The number of carbonyl (C=O) groups is 1. The predicted molar refractivity (Wildman–Crippen MR) is 77.7 cm³/mol. The highest BCUT2D eigenvalue weighted by Gasteiger charge is 2.36. The fraction of sp³-hybridized carbons (Fsp3) is 0.438. The van der Waals surface area contributed by atoms with Crippen LogP contribution in [-0.4, -0.2) is 19.1 Å². The number of allylic oxidation sites excluding steroid dienone is 1. The van der Waals surface area contributed by atoms with Crippen LogP contribution >= 0.6 is 0 Å². The molecule has 3 nitrogen and oxygen atoms in total. The molecule has 0 saturated carbocycles. The predicted octanol–water partition coefficient (Wildman–Crippen LogP) is 3.36.